The monoisotopic (exact) mass is 260 g/mol. The molecule has 1 aromatic carbocycles. The minimum atomic E-state index is -0.414. The van der Waals surface area contributed by atoms with E-state index in [-0.39, 0.29) is 5.91 Å². The van der Waals surface area contributed by atoms with Crippen LogP contribution in [0.3, 0.4) is 0 Å². The lowest BCUT2D eigenvalue weighted by Gasteiger charge is -2.25. The number of ether oxygens (including phenoxy) is 2. The third kappa shape index (κ3) is 3.11. The molecule has 1 fully saturated rings. The van der Waals surface area contributed by atoms with Gasteiger partial charge in [0.15, 0.2) is 0 Å². The number of methoxy groups -OCH3 is 1. The Morgan fingerprint density at radius 3 is 2.79 bits per heavy atom. The fourth-order valence-electron chi connectivity index (χ4n) is 2.00. The number of hydrogen-bond acceptors (Lipinski definition) is 4. The Hall–Kier alpha value is -1.90. The third-order valence-electron chi connectivity index (χ3n) is 3.35. The minimum Gasteiger partial charge on any atom is -0.378 e. The van der Waals surface area contributed by atoms with Gasteiger partial charge >= 0.3 is 0 Å². The Morgan fingerprint density at radius 2 is 2.26 bits per heavy atom. The van der Waals surface area contributed by atoms with Crippen molar-refractivity contribution >= 4 is 5.91 Å². The van der Waals surface area contributed by atoms with E-state index in [4.69, 9.17) is 14.7 Å². The van der Waals surface area contributed by atoms with Gasteiger partial charge in [-0.25, -0.2) is 0 Å². The summed E-state index contributed by atoms with van der Waals surface area (Å²) in [6.07, 6.45) is 0.775. The number of nitriles is 1. The van der Waals surface area contributed by atoms with E-state index in [1.165, 1.54) is 0 Å². The van der Waals surface area contributed by atoms with E-state index in [1.807, 2.05) is 6.07 Å². The first kappa shape index (κ1) is 13.5. The molecule has 1 unspecified atom stereocenters. The number of nitrogens with one attached hydrogen (secondary N) is 1. The van der Waals surface area contributed by atoms with Gasteiger partial charge in [-0.1, -0.05) is 0 Å². The standard InChI is InChI=1S/C14H16N2O3/c1-18-14(6-7-19-10-14)9-16-13(17)12-4-2-11(8-15)3-5-12/h2-5H,6-7,9-10H2,1H3,(H,16,17). The fraction of sp³-hybridized carbons (Fsp3) is 0.429. The lowest BCUT2D eigenvalue weighted by molar-refractivity contribution is -0.0148. The zero-order valence-corrected chi connectivity index (χ0v) is 10.8. The maximum Gasteiger partial charge on any atom is 0.251 e. The van der Waals surface area contributed by atoms with E-state index in [1.54, 1.807) is 31.4 Å². The molecule has 0 aliphatic carbocycles. The SMILES string of the molecule is COC1(CNC(=O)c2ccc(C#N)cc2)CCOC1. The summed E-state index contributed by atoms with van der Waals surface area (Å²) in [7, 11) is 1.63. The highest BCUT2D eigenvalue weighted by Gasteiger charge is 2.35. The van der Waals surface area contributed by atoms with Gasteiger partial charge in [0, 0.05) is 32.2 Å². The first-order valence-electron chi connectivity index (χ1n) is 6.10. The van der Waals surface area contributed by atoms with Gasteiger partial charge < -0.3 is 14.8 Å². The quantitative estimate of drug-likeness (QED) is 0.879. The van der Waals surface area contributed by atoms with E-state index >= 15 is 0 Å². The molecular weight excluding hydrogens is 244 g/mol. The number of benzene rings is 1. The van der Waals surface area contributed by atoms with Gasteiger partial charge in [0.05, 0.1) is 18.2 Å². The van der Waals surface area contributed by atoms with Gasteiger partial charge in [-0.15, -0.1) is 0 Å². The summed E-state index contributed by atoms with van der Waals surface area (Å²) in [6, 6.07) is 8.54. The largest absolute Gasteiger partial charge is 0.378 e. The summed E-state index contributed by atoms with van der Waals surface area (Å²) in [5.41, 5.74) is 0.653. The molecule has 1 amide bonds. The van der Waals surface area contributed by atoms with E-state index in [0.29, 0.717) is 30.9 Å². The number of carbonyl (C=O) groups excluding carboxylic acids is 1. The third-order valence-corrected chi connectivity index (χ3v) is 3.35. The Labute approximate surface area is 112 Å². The Bertz CT molecular complexity index is 484. The van der Waals surface area contributed by atoms with Crippen molar-refractivity contribution in [3.8, 4) is 6.07 Å². The molecule has 0 radical (unpaired) electrons. The maximum absolute atomic E-state index is 12.0. The molecule has 0 bridgehead atoms. The normalized spacial score (nSPS) is 21.9. The molecule has 100 valence electrons. The number of nitrogens with zero attached hydrogens (tertiary/aromatic N) is 1. The van der Waals surface area contributed by atoms with Crippen LogP contribution in [0.2, 0.25) is 0 Å². The second-order valence-corrected chi connectivity index (χ2v) is 4.56. The number of rotatable bonds is 4. The van der Waals surface area contributed by atoms with E-state index in [9.17, 15) is 4.79 Å². The molecule has 1 aliphatic rings. The number of amides is 1. The van der Waals surface area contributed by atoms with E-state index in [0.717, 1.165) is 6.42 Å². The van der Waals surface area contributed by atoms with Gasteiger partial charge in [-0.05, 0) is 24.3 Å². The second kappa shape index (κ2) is 5.83. The van der Waals surface area contributed by atoms with Crippen molar-refractivity contribution in [2.75, 3.05) is 26.9 Å². The van der Waals surface area contributed by atoms with Gasteiger partial charge in [0.1, 0.15) is 5.60 Å². The summed E-state index contributed by atoms with van der Waals surface area (Å²) >= 11 is 0. The molecule has 0 saturated carbocycles. The molecule has 1 saturated heterocycles. The number of hydrogen-bond donors (Lipinski definition) is 1. The summed E-state index contributed by atoms with van der Waals surface area (Å²) < 4.78 is 10.7. The Balaban J connectivity index is 1.95. The summed E-state index contributed by atoms with van der Waals surface area (Å²) in [6.45, 7) is 1.57. The molecular formula is C14H16N2O3. The lowest BCUT2D eigenvalue weighted by Crippen LogP contribution is -2.45. The smallest absolute Gasteiger partial charge is 0.251 e. The van der Waals surface area contributed by atoms with Crippen molar-refractivity contribution in [1.82, 2.24) is 5.32 Å². The van der Waals surface area contributed by atoms with Gasteiger partial charge in [-0.3, -0.25) is 4.79 Å². The topological polar surface area (TPSA) is 71.3 Å². The van der Waals surface area contributed by atoms with Crippen LogP contribution in [0.4, 0.5) is 0 Å². The zero-order valence-electron chi connectivity index (χ0n) is 10.8. The van der Waals surface area contributed by atoms with Crippen LogP contribution >= 0.6 is 0 Å². The van der Waals surface area contributed by atoms with Gasteiger partial charge in [-0.2, -0.15) is 5.26 Å². The highest BCUT2D eigenvalue weighted by atomic mass is 16.5. The van der Waals surface area contributed by atoms with Crippen LogP contribution in [0.5, 0.6) is 0 Å². The van der Waals surface area contributed by atoms with Crippen LogP contribution in [0.25, 0.3) is 0 Å². The molecule has 1 aromatic rings. The molecule has 2 rings (SSSR count). The second-order valence-electron chi connectivity index (χ2n) is 4.56. The average Bonchev–Trinajstić information content (AvgIpc) is 2.94. The molecule has 5 heteroatoms. The average molecular weight is 260 g/mol. The Kier molecular flexibility index (Phi) is 4.15. The van der Waals surface area contributed by atoms with Crippen molar-refractivity contribution in [3.05, 3.63) is 35.4 Å². The first-order chi connectivity index (χ1) is 9.19. The van der Waals surface area contributed by atoms with Crippen molar-refractivity contribution in [2.45, 2.75) is 12.0 Å². The minimum absolute atomic E-state index is 0.173. The molecule has 1 atom stereocenters. The molecule has 1 N–H and O–H groups in total. The van der Waals surface area contributed by atoms with E-state index in [2.05, 4.69) is 5.32 Å². The van der Waals surface area contributed by atoms with Crippen molar-refractivity contribution in [2.24, 2.45) is 0 Å². The Morgan fingerprint density at radius 1 is 1.53 bits per heavy atom. The van der Waals surface area contributed by atoms with Gasteiger partial charge in [0.2, 0.25) is 0 Å². The molecule has 5 nitrogen and oxygen atoms in total. The molecule has 1 aliphatic heterocycles. The maximum atomic E-state index is 12.0. The molecule has 0 spiro atoms. The highest BCUT2D eigenvalue weighted by Crippen LogP contribution is 2.21. The van der Waals surface area contributed by atoms with Crippen LogP contribution < -0.4 is 5.32 Å². The molecule has 19 heavy (non-hydrogen) atoms. The van der Waals surface area contributed by atoms with Crippen molar-refractivity contribution in [1.29, 1.82) is 5.26 Å². The number of carbonyl (C=O) groups is 1. The molecule has 0 aromatic heterocycles. The predicted octanol–water partition coefficient (Wildman–Crippen LogP) is 1.09. The zero-order chi connectivity index (χ0) is 13.7. The molecule has 1 heterocycles. The van der Waals surface area contributed by atoms with Gasteiger partial charge in [0.25, 0.3) is 5.91 Å². The highest BCUT2D eigenvalue weighted by molar-refractivity contribution is 5.94. The summed E-state index contributed by atoms with van der Waals surface area (Å²) in [5.74, 6) is -0.173. The summed E-state index contributed by atoms with van der Waals surface area (Å²) in [5, 5.41) is 11.5. The lowest BCUT2D eigenvalue weighted by atomic mass is 10.0. The van der Waals surface area contributed by atoms with Crippen molar-refractivity contribution in [3.63, 3.8) is 0 Å². The van der Waals surface area contributed by atoms with Crippen LogP contribution in [-0.4, -0.2) is 38.4 Å². The van der Waals surface area contributed by atoms with E-state index < -0.39 is 5.60 Å². The fourth-order valence-corrected chi connectivity index (χ4v) is 2.00. The van der Waals surface area contributed by atoms with Crippen LogP contribution in [-0.2, 0) is 9.47 Å². The van der Waals surface area contributed by atoms with Crippen molar-refractivity contribution < 1.29 is 14.3 Å². The predicted molar refractivity (Wildman–Crippen MR) is 68.7 cm³/mol. The van der Waals surface area contributed by atoms with Crippen LogP contribution in [0.15, 0.2) is 24.3 Å². The van der Waals surface area contributed by atoms with Crippen LogP contribution in [0.1, 0.15) is 22.3 Å². The van der Waals surface area contributed by atoms with Crippen LogP contribution in [0, 0.1) is 11.3 Å². The first-order valence-corrected chi connectivity index (χ1v) is 6.10. The summed E-state index contributed by atoms with van der Waals surface area (Å²) in [4.78, 5) is 12.0.